The summed E-state index contributed by atoms with van der Waals surface area (Å²) in [6.45, 7) is 4.73. The number of carboxylic acids is 1. The third-order valence-corrected chi connectivity index (χ3v) is 4.29. The quantitative estimate of drug-likeness (QED) is 0.779. The standard InChI is InChI=1S/C19H28N2O4/c1-14(2)13-21(11-9-18(22)23)19(24)15-8-10-20-17(12-15)25-16-6-4-3-5-7-16/h8,10,12,14,16H,3-7,9,11,13H2,1-2H3,(H,22,23). The topological polar surface area (TPSA) is 79.7 Å². The highest BCUT2D eigenvalue weighted by Crippen LogP contribution is 2.23. The van der Waals surface area contributed by atoms with Crippen molar-refractivity contribution in [2.45, 2.75) is 58.5 Å². The van der Waals surface area contributed by atoms with Crippen molar-refractivity contribution in [1.29, 1.82) is 0 Å². The maximum absolute atomic E-state index is 12.8. The van der Waals surface area contributed by atoms with E-state index < -0.39 is 5.97 Å². The average Bonchev–Trinajstić information content (AvgIpc) is 2.58. The average molecular weight is 348 g/mol. The van der Waals surface area contributed by atoms with Crippen molar-refractivity contribution in [3.8, 4) is 5.88 Å². The first-order valence-corrected chi connectivity index (χ1v) is 9.09. The van der Waals surface area contributed by atoms with Crippen LogP contribution in [0.25, 0.3) is 0 Å². The summed E-state index contributed by atoms with van der Waals surface area (Å²) in [5, 5.41) is 8.91. The summed E-state index contributed by atoms with van der Waals surface area (Å²) >= 11 is 0. The number of ether oxygens (including phenoxy) is 1. The Kier molecular flexibility index (Phi) is 7.22. The second kappa shape index (κ2) is 9.39. The number of aromatic nitrogens is 1. The summed E-state index contributed by atoms with van der Waals surface area (Å²) < 4.78 is 5.93. The van der Waals surface area contributed by atoms with Gasteiger partial charge in [0.1, 0.15) is 6.10 Å². The summed E-state index contributed by atoms with van der Waals surface area (Å²) in [7, 11) is 0. The van der Waals surface area contributed by atoms with E-state index in [-0.39, 0.29) is 30.9 Å². The molecule has 0 unspecified atom stereocenters. The predicted octanol–water partition coefficient (Wildman–Crippen LogP) is 3.37. The molecule has 0 radical (unpaired) electrons. The van der Waals surface area contributed by atoms with Crippen molar-refractivity contribution in [2.24, 2.45) is 5.92 Å². The Morgan fingerprint density at radius 2 is 2.04 bits per heavy atom. The number of rotatable bonds is 8. The number of carbonyl (C=O) groups is 2. The van der Waals surface area contributed by atoms with Gasteiger partial charge in [-0.05, 0) is 37.7 Å². The molecule has 1 aromatic rings. The third kappa shape index (κ3) is 6.36. The van der Waals surface area contributed by atoms with Gasteiger partial charge in [0.2, 0.25) is 5.88 Å². The highest BCUT2D eigenvalue weighted by Gasteiger charge is 2.20. The van der Waals surface area contributed by atoms with Crippen molar-refractivity contribution in [1.82, 2.24) is 9.88 Å². The van der Waals surface area contributed by atoms with Crippen molar-refractivity contribution >= 4 is 11.9 Å². The van der Waals surface area contributed by atoms with E-state index in [1.807, 2.05) is 13.8 Å². The SMILES string of the molecule is CC(C)CN(CCC(=O)O)C(=O)c1ccnc(OC2CCCCC2)c1. The van der Waals surface area contributed by atoms with Crippen LogP contribution >= 0.6 is 0 Å². The molecule has 1 fully saturated rings. The summed E-state index contributed by atoms with van der Waals surface area (Å²) in [5.74, 6) is -0.346. The largest absolute Gasteiger partial charge is 0.481 e. The van der Waals surface area contributed by atoms with Gasteiger partial charge in [0.25, 0.3) is 5.91 Å². The minimum absolute atomic E-state index is 0.0605. The molecule has 1 aromatic heterocycles. The molecule has 0 spiro atoms. The van der Waals surface area contributed by atoms with Crippen LogP contribution in [0.2, 0.25) is 0 Å². The van der Waals surface area contributed by atoms with E-state index in [0.717, 1.165) is 12.8 Å². The minimum atomic E-state index is -0.905. The molecule has 0 saturated heterocycles. The Balaban J connectivity index is 2.06. The summed E-state index contributed by atoms with van der Waals surface area (Å²) in [4.78, 5) is 29.5. The number of hydrogen-bond donors (Lipinski definition) is 1. The Labute approximate surface area is 149 Å². The molecule has 2 rings (SSSR count). The lowest BCUT2D eigenvalue weighted by molar-refractivity contribution is -0.137. The van der Waals surface area contributed by atoms with Crippen LogP contribution in [0.1, 0.15) is 62.7 Å². The smallest absolute Gasteiger partial charge is 0.305 e. The molecular weight excluding hydrogens is 320 g/mol. The van der Waals surface area contributed by atoms with Crippen LogP contribution in [0.3, 0.4) is 0 Å². The van der Waals surface area contributed by atoms with Crippen LogP contribution in [0.4, 0.5) is 0 Å². The van der Waals surface area contributed by atoms with Crippen LogP contribution in [0.15, 0.2) is 18.3 Å². The minimum Gasteiger partial charge on any atom is -0.481 e. The highest BCUT2D eigenvalue weighted by molar-refractivity contribution is 5.94. The highest BCUT2D eigenvalue weighted by atomic mass is 16.5. The zero-order valence-corrected chi connectivity index (χ0v) is 15.1. The number of nitrogens with zero attached hydrogens (tertiary/aromatic N) is 2. The lowest BCUT2D eigenvalue weighted by atomic mass is 9.98. The van der Waals surface area contributed by atoms with Gasteiger partial charge in [0.05, 0.1) is 6.42 Å². The van der Waals surface area contributed by atoms with Gasteiger partial charge < -0.3 is 14.7 Å². The van der Waals surface area contributed by atoms with E-state index in [0.29, 0.717) is 18.0 Å². The molecule has 1 heterocycles. The molecular formula is C19H28N2O4. The van der Waals surface area contributed by atoms with E-state index in [2.05, 4.69) is 4.98 Å². The molecule has 1 aliphatic carbocycles. The number of amides is 1. The van der Waals surface area contributed by atoms with Gasteiger partial charge in [-0.1, -0.05) is 20.3 Å². The third-order valence-electron chi connectivity index (χ3n) is 4.29. The molecule has 6 nitrogen and oxygen atoms in total. The fourth-order valence-corrected chi connectivity index (χ4v) is 3.09. The molecule has 138 valence electrons. The molecule has 6 heteroatoms. The van der Waals surface area contributed by atoms with Crippen molar-refractivity contribution in [3.05, 3.63) is 23.9 Å². The number of aliphatic carboxylic acids is 1. The number of carbonyl (C=O) groups excluding carboxylic acids is 1. The maximum atomic E-state index is 12.8. The molecule has 1 N–H and O–H groups in total. The normalized spacial score (nSPS) is 15.2. The van der Waals surface area contributed by atoms with Gasteiger partial charge in [-0.3, -0.25) is 9.59 Å². The first-order chi connectivity index (χ1) is 12.0. The molecule has 0 bridgehead atoms. The van der Waals surface area contributed by atoms with E-state index in [9.17, 15) is 9.59 Å². The van der Waals surface area contributed by atoms with E-state index in [4.69, 9.17) is 9.84 Å². The van der Waals surface area contributed by atoms with Gasteiger partial charge >= 0.3 is 5.97 Å². The predicted molar refractivity (Wildman–Crippen MR) is 94.7 cm³/mol. The number of carboxylic acid groups (broad SMARTS) is 1. The molecule has 1 amide bonds. The van der Waals surface area contributed by atoms with Crippen LogP contribution in [0.5, 0.6) is 5.88 Å². The zero-order chi connectivity index (χ0) is 18.2. The fourth-order valence-electron chi connectivity index (χ4n) is 3.09. The first kappa shape index (κ1) is 19.2. The Morgan fingerprint density at radius 1 is 1.32 bits per heavy atom. The summed E-state index contributed by atoms with van der Waals surface area (Å²) in [6, 6.07) is 3.33. The van der Waals surface area contributed by atoms with Gasteiger partial charge in [0, 0.05) is 30.9 Å². The fraction of sp³-hybridized carbons (Fsp3) is 0.632. The van der Waals surface area contributed by atoms with Crippen LogP contribution < -0.4 is 4.74 Å². The molecule has 1 aliphatic rings. The summed E-state index contributed by atoms with van der Waals surface area (Å²) in [6.07, 6.45) is 7.33. The first-order valence-electron chi connectivity index (χ1n) is 9.09. The number of hydrogen-bond acceptors (Lipinski definition) is 4. The van der Waals surface area contributed by atoms with Crippen molar-refractivity contribution in [3.63, 3.8) is 0 Å². The van der Waals surface area contributed by atoms with E-state index in [1.165, 1.54) is 19.3 Å². The number of pyridine rings is 1. The van der Waals surface area contributed by atoms with Crippen molar-refractivity contribution < 1.29 is 19.4 Å². The molecule has 1 saturated carbocycles. The molecule has 0 aromatic carbocycles. The maximum Gasteiger partial charge on any atom is 0.305 e. The van der Waals surface area contributed by atoms with Crippen molar-refractivity contribution in [2.75, 3.05) is 13.1 Å². The Bertz CT molecular complexity index is 583. The molecule has 0 atom stereocenters. The monoisotopic (exact) mass is 348 g/mol. The van der Waals surface area contributed by atoms with Gasteiger partial charge in [-0.25, -0.2) is 4.98 Å². The van der Waals surface area contributed by atoms with E-state index >= 15 is 0 Å². The van der Waals surface area contributed by atoms with E-state index in [1.54, 1.807) is 23.2 Å². The van der Waals surface area contributed by atoms with Crippen LogP contribution in [0, 0.1) is 5.92 Å². The van der Waals surface area contributed by atoms with Crippen LogP contribution in [-0.4, -0.2) is 46.1 Å². The van der Waals surface area contributed by atoms with Gasteiger partial charge in [0.15, 0.2) is 0 Å². The zero-order valence-electron chi connectivity index (χ0n) is 15.1. The molecule has 0 aliphatic heterocycles. The van der Waals surface area contributed by atoms with Gasteiger partial charge in [-0.2, -0.15) is 0 Å². The lowest BCUT2D eigenvalue weighted by Gasteiger charge is -2.25. The Morgan fingerprint density at radius 3 is 2.68 bits per heavy atom. The summed E-state index contributed by atoms with van der Waals surface area (Å²) in [5.41, 5.74) is 0.492. The second-order valence-electron chi connectivity index (χ2n) is 7.05. The Hall–Kier alpha value is -2.11. The van der Waals surface area contributed by atoms with Crippen LogP contribution in [-0.2, 0) is 4.79 Å². The van der Waals surface area contributed by atoms with Gasteiger partial charge in [-0.15, -0.1) is 0 Å². The second-order valence-corrected chi connectivity index (χ2v) is 7.05. The molecule has 25 heavy (non-hydrogen) atoms. The lowest BCUT2D eigenvalue weighted by Crippen LogP contribution is -2.36.